The fourth-order valence-electron chi connectivity index (χ4n) is 1.59. The molecule has 1 unspecified atom stereocenters. The highest BCUT2D eigenvalue weighted by atomic mass is 79.9. The number of aromatic nitrogens is 1. The molecule has 1 heterocycles. The smallest absolute Gasteiger partial charge is 0.124 e. The van der Waals surface area contributed by atoms with Gasteiger partial charge in [-0.15, -0.1) is 11.3 Å². The van der Waals surface area contributed by atoms with Gasteiger partial charge in [-0.3, -0.25) is 0 Å². The summed E-state index contributed by atoms with van der Waals surface area (Å²) in [7, 11) is 0. The largest absolute Gasteiger partial charge is 0.388 e. The summed E-state index contributed by atoms with van der Waals surface area (Å²) in [6.07, 6.45) is -0.330. The summed E-state index contributed by atoms with van der Waals surface area (Å²) in [5.41, 5.74) is 1.39. The molecule has 5 heteroatoms. The van der Waals surface area contributed by atoms with Crippen LogP contribution in [0, 0.1) is 12.7 Å². The van der Waals surface area contributed by atoms with E-state index in [1.54, 1.807) is 17.4 Å². The average molecular weight is 316 g/mol. The number of hydrogen-bond acceptors (Lipinski definition) is 3. The second-order valence-electron chi connectivity index (χ2n) is 3.78. The van der Waals surface area contributed by atoms with E-state index < -0.39 is 6.10 Å². The summed E-state index contributed by atoms with van der Waals surface area (Å²) in [6.45, 7) is 1.92. The van der Waals surface area contributed by atoms with Crippen LogP contribution in [0.15, 0.2) is 28.1 Å². The summed E-state index contributed by atoms with van der Waals surface area (Å²) in [6, 6.07) is 4.42. The molecular formula is C12H11BrFNOS. The van der Waals surface area contributed by atoms with Gasteiger partial charge in [0.05, 0.1) is 16.8 Å². The Kier molecular flexibility index (Phi) is 3.91. The number of aliphatic hydroxyl groups is 1. The number of halogens is 2. The third-order valence-corrected chi connectivity index (χ3v) is 3.62. The molecule has 1 aromatic heterocycles. The first-order valence-electron chi connectivity index (χ1n) is 5.09. The molecule has 0 aliphatic heterocycles. The fourth-order valence-corrected chi connectivity index (χ4v) is 2.69. The van der Waals surface area contributed by atoms with E-state index in [0.29, 0.717) is 16.5 Å². The summed E-state index contributed by atoms with van der Waals surface area (Å²) in [4.78, 5) is 4.27. The molecule has 0 aliphatic rings. The Morgan fingerprint density at radius 2 is 2.24 bits per heavy atom. The van der Waals surface area contributed by atoms with Crippen molar-refractivity contribution in [1.82, 2.24) is 4.98 Å². The van der Waals surface area contributed by atoms with Gasteiger partial charge in [0.1, 0.15) is 5.82 Å². The number of hydrogen-bond donors (Lipinski definition) is 1. The third kappa shape index (κ3) is 3.34. The van der Waals surface area contributed by atoms with Crippen LogP contribution in [0.2, 0.25) is 0 Å². The first kappa shape index (κ1) is 12.7. The molecule has 0 fully saturated rings. The van der Waals surface area contributed by atoms with Crippen molar-refractivity contribution >= 4 is 27.3 Å². The van der Waals surface area contributed by atoms with Crippen LogP contribution in [-0.4, -0.2) is 10.1 Å². The number of rotatable bonds is 3. The minimum absolute atomic E-state index is 0.358. The zero-order valence-electron chi connectivity index (χ0n) is 9.15. The van der Waals surface area contributed by atoms with Gasteiger partial charge in [0.25, 0.3) is 0 Å². The SMILES string of the molecule is Cc1nc(CC(O)c2cc(F)cc(Br)c2)cs1. The first-order valence-corrected chi connectivity index (χ1v) is 6.77. The molecule has 2 aromatic rings. The van der Waals surface area contributed by atoms with Gasteiger partial charge in [-0.1, -0.05) is 15.9 Å². The Hall–Kier alpha value is -0.780. The van der Waals surface area contributed by atoms with Crippen LogP contribution in [0.5, 0.6) is 0 Å². The number of benzene rings is 1. The standard InChI is InChI=1S/C12H11BrFNOS/c1-7-15-11(6-17-7)5-12(16)8-2-9(13)4-10(14)3-8/h2-4,6,12,16H,5H2,1H3. The van der Waals surface area contributed by atoms with Gasteiger partial charge >= 0.3 is 0 Å². The predicted octanol–water partition coefficient (Wildman–Crippen LogP) is 3.63. The highest BCUT2D eigenvalue weighted by Crippen LogP contribution is 2.23. The molecule has 17 heavy (non-hydrogen) atoms. The number of aryl methyl sites for hydroxylation is 1. The lowest BCUT2D eigenvalue weighted by molar-refractivity contribution is 0.177. The summed E-state index contributed by atoms with van der Waals surface area (Å²) >= 11 is 4.75. The molecule has 2 nitrogen and oxygen atoms in total. The van der Waals surface area contributed by atoms with Crippen LogP contribution in [-0.2, 0) is 6.42 Å². The van der Waals surface area contributed by atoms with Crippen molar-refractivity contribution in [2.24, 2.45) is 0 Å². The molecule has 0 aliphatic carbocycles. The summed E-state index contributed by atoms with van der Waals surface area (Å²) < 4.78 is 13.8. The molecule has 1 N–H and O–H groups in total. The molecule has 0 saturated carbocycles. The first-order chi connectivity index (χ1) is 8.04. The van der Waals surface area contributed by atoms with Gasteiger partial charge in [0.15, 0.2) is 0 Å². The van der Waals surface area contributed by atoms with Crippen LogP contribution in [0.4, 0.5) is 4.39 Å². The molecular weight excluding hydrogens is 305 g/mol. The van der Waals surface area contributed by atoms with E-state index in [1.807, 2.05) is 12.3 Å². The molecule has 0 saturated heterocycles. The number of nitrogens with zero attached hydrogens (tertiary/aromatic N) is 1. The van der Waals surface area contributed by atoms with Crippen molar-refractivity contribution in [3.8, 4) is 0 Å². The summed E-state index contributed by atoms with van der Waals surface area (Å²) in [5, 5.41) is 12.9. The number of thiazole rings is 1. The van der Waals surface area contributed by atoms with E-state index in [0.717, 1.165) is 10.7 Å². The van der Waals surface area contributed by atoms with Gasteiger partial charge in [-0.05, 0) is 30.7 Å². The lowest BCUT2D eigenvalue weighted by atomic mass is 10.1. The molecule has 0 bridgehead atoms. The van der Waals surface area contributed by atoms with Gasteiger partial charge < -0.3 is 5.11 Å². The molecule has 1 aromatic carbocycles. The van der Waals surface area contributed by atoms with Crippen molar-refractivity contribution in [1.29, 1.82) is 0 Å². The fraction of sp³-hybridized carbons (Fsp3) is 0.250. The van der Waals surface area contributed by atoms with E-state index >= 15 is 0 Å². The van der Waals surface area contributed by atoms with Crippen LogP contribution in [0.25, 0.3) is 0 Å². The van der Waals surface area contributed by atoms with Gasteiger partial charge in [-0.25, -0.2) is 9.37 Å². The highest BCUT2D eigenvalue weighted by Gasteiger charge is 2.12. The van der Waals surface area contributed by atoms with Crippen LogP contribution in [0.1, 0.15) is 22.4 Å². The van der Waals surface area contributed by atoms with Crippen molar-refractivity contribution in [3.63, 3.8) is 0 Å². The Bertz CT molecular complexity index is 509. The third-order valence-electron chi connectivity index (χ3n) is 2.34. The molecule has 0 spiro atoms. The maximum Gasteiger partial charge on any atom is 0.124 e. The second kappa shape index (κ2) is 5.25. The minimum Gasteiger partial charge on any atom is -0.388 e. The quantitative estimate of drug-likeness (QED) is 0.938. The van der Waals surface area contributed by atoms with Crippen molar-refractivity contribution < 1.29 is 9.50 Å². The van der Waals surface area contributed by atoms with Crippen molar-refractivity contribution in [2.75, 3.05) is 0 Å². The maximum absolute atomic E-state index is 13.2. The monoisotopic (exact) mass is 315 g/mol. The van der Waals surface area contributed by atoms with E-state index in [4.69, 9.17) is 0 Å². The Balaban J connectivity index is 2.16. The Morgan fingerprint density at radius 3 is 2.82 bits per heavy atom. The summed E-state index contributed by atoms with van der Waals surface area (Å²) in [5.74, 6) is -0.358. The topological polar surface area (TPSA) is 33.1 Å². The zero-order chi connectivity index (χ0) is 12.4. The second-order valence-corrected chi connectivity index (χ2v) is 5.76. The van der Waals surface area contributed by atoms with Gasteiger partial charge in [0.2, 0.25) is 0 Å². The van der Waals surface area contributed by atoms with Gasteiger partial charge in [0, 0.05) is 16.3 Å². The molecule has 1 atom stereocenters. The van der Waals surface area contributed by atoms with E-state index in [2.05, 4.69) is 20.9 Å². The normalized spacial score (nSPS) is 12.7. The molecule has 2 rings (SSSR count). The van der Waals surface area contributed by atoms with Gasteiger partial charge in [-0.2, -0.15) is 0 Å². The molecule has 0 amide bonds. The Labute approximate surface area is 111 Å². The maximum atomic E-state index is 13.2. The average Bonchev–Trinajstić information content (AvgIpc) is 2.62. The van der Waals surface area contributed by atoms with Crippen LogP contribution >= 0.6 is 27.3 Å². The van der Waals surface area contributed by atoms with Crippen LogP contribution < -0.4 is 0 Å². The Morgan fingerprint density at radius 1 is 1.47 bits per heavy atom. The van der Waals surface area contributed by atoms with Crippen molar-refractivity contribution in [2.45, 2.75) is 19.4 Å². The van der Waals surface area contributed by atoms with Crippen molar-refractivity contribution in [3.05, 3.63) is 50.1 Å². The number of aliphatic hydroxyl groups excluding tert-OH is 1. The lowest BCUT2D eigenvalue weighted by Gasteiger charge is -2.10. The zero-order valence-corrected chi connectivity index (χ0v) is 11.6. The molecule has 90 valence electrons. The van der Waals surface area contributed by atoms with E-state index in [1.165, 1.54) is 12.1 Å². The predicted molar refractivity (Wildman–Crippen MR) is 69.6 cm³/mol. The highest BCUT2D eigenvalue weighted by molar-refractivity contribution is 9.10. The molecule has 0 radical (unpaired) electrons. The lowest BCUT2D eigenvalue weighted by Crippen LogP contribution is -2.02. The minimum atomic E-state index is -0.733. The van der Waals surface area contributed by atoms with E-state index in [9.17, 15) is 9.50 Å². The van der Waals surface area contributed by atoms with Crippen LogP contribution in [0.3, 0.4) is 0 Å². The van der Waals surface area contributed by atoms with E-state index in [-0.39, 0.29) is 5.82 Å².